The molecule has 0 aliphatic heterocycles. The zero-order chi connectivity index (χ0) is 12.3. The van der Waals surface area contributed by atoms with E-state index in [1.165, 1.54) is 12.1 Å². The third kappa shape index (κ3) is 3.04. The Bertz CT molecular complexity index is 464. The van der Waals surface area contributed by atoms with Gasteiger partial charge in [-0.05, 0) is 24.6 Å². The zero-order valence-electron chi connectivity index (χ0n) is 9.44. The Labute approximate surface area is 98.5 Å². The van der Waals surface area contributed by atoms with Gasteiger partial charge >= 0.3 is 0 Å². The van der Waals surface area contributed by atoms with Crippen LogP contribution in [0.25, 0.3) is 0 Å². The first-order chi connectivity index (χ1) is 8.15. The van der Waals surface area contributed by atoms with Gasteiger partial charge in [0.05, 0.1) is 6.20 Å². The lowest BCUT2D eigenvalue weighted by atomic mass is 10.1. The molecule has 0 bridgehead atoms. The van der Waals surface area contributed by atoms with Crippen molar-refractivity contribution in [3.8, 4) is 5.75 Å². The number of halogens is 1. The fourth-order valence-electron chi connectivity index (χ4n) is 1.62. The molecule has 5 heteroatoms. The van der Waals surface area contributed by atoms with Gasteiger partial charge in [-0.3, -0.25) is 5.10 Å². The van der Waals surface area contributed by atoms with Crippen LogP contribution in [0.1, 0.15) is 24.1 Å². The highest BCUT2D eigenvalue weighted by atomic mass is 19.1. The van der Waals surface area contributed by atoms with E-state index in [2.05, 4.69) is 15.5 Å². The molecule has 1 heterocycles. The molecule has 2 aromatic rings. The number of phenols is 1. The lowest BCUT2D eigenvalue weighted by Gasteiger charge is -2.12. The van der Waals surface area contributed by atoms with Crippen LogP contribution in [-0.4, -0.2) is 15.3 Å². The molecule has 0 radical (unpaired) electrons. The molecule has 0 spiro atoms. The molecule has 0 saturated heterocycles. The van der Waals surface area contributed by atoms with Crippen LogP contribution in [0.5, 0.6) is 5.75 Å². The second-order valence-electron chi connectivity index (χ2n) is 3.95. The van der Waals surface area contributed by atoms with Crippen molar-refractivity contribution in [1.29, 1.82) is 0 Å². The van der Waals surface area contributed by atoms with Gasteiger partial charge in [0.2, 0.25) is 0 Å². The molecular weight excluding hydrogens is 221 g/mol. The number of aromatic amines is 1. The van der Waals surface area contributed by atoms with Crippen LogP contribution in [0.4, 0.5) is 4.39 Å². The molecule has 1 atom stereocenters. The summed E-state index contributed by atoms with van der Waals surface area (Å²) in [6.45, 7) is 2.47. The summed E-state index contributed by atoms with van der Waals surface area (Å²) in [5, 5.41) is 19.1. The normalized spacial score (nSPS) is 12.6. The third-order valence-corrected chi connectivity index (χ3v) is 2.57. The first-order valence-corrected chi connectivity index (χ1v) is 5.35. The lowest BCUT2D eigenvalue weighted by molar-refractivity contribution is 0.466. The largest absolute Gasteiger partial charge is 0.508 e. The number of benzene rings is 1. The van der Waals surface area contributed by atoms with Crippen molar-refractivity contribution in [1.82, 2.24) is 15.5 Å². The van der Waals surface area contributed by atoms with E-state index in [9.17, 15) is 9.50 Å². The highest BCUT2D eigenvalue weighted by Crippen LogP contribution is 2.16. The minimum absolute atomic E-state index is 0.0576. The summed E-state index contributed by atoms with van der Waals surface area (Å²) < 4.78 is 13.0. The zero-order valence-corrected chi connectivity index (χ0v) is 9.44. The quantitative estimate of drug-likeness (QED) is 0.760. The number of phenolic OH excluding ortho intramolecular Hbond substituents is 1. The molecule has 90 valence electrons. The van der Waals surface area contributed by atoms with Gasteiger partial charge in [-0.15, -0.1) is 0 Å². The number of hydrogen-bond acceptors (Lipinski definition) is 3. The summed E-state index contributed by atoms with van der Waals surface area (Å²) >= 11 is 0. The van der Waals surface area contributed by atoms with E-state index in [-0.39, 0.29) is 11.8 Å². The predicted octanol–water partition coefficient (Wildman–Crippen LogP) is 2.11. The van der Waals surface area contributed by atoms with Gasteiger partial charge in [0.15, 0.2) is 0 Å². The summed E-state index contributed by atoms with van der Waals surface area (Å²) in [7, 11) is 0. The summed E-state index contributed by atoms with van der Waals surface area (Å²) in [4.78, 5) is 0. The van der Waals surface area contributed by atoms with Crippen LogP contribution in [0.3, 0.4) is 0 Å². The van der Waals surface area contributed by atoms with E-state index in [0.717, 1.165) is 11.6 Å². The highest BCUT2D eigenvalue weighted by molar-refractivity contribution is 5.28. The van der Waals surface area contributed by atoms with Crippen molar-refractivity contribution in [2.24, 2.45) is 0 Å². The molecule has 17 heavy (non-hydrogen) atoms. The Kier molecular flexibility index (Phi) is 3.39. The number of aromatic nitrogens is 2. The highest BCUT2D eigenvalue weighted by Gasteiger charge is 2.06. The van der Waals surface area contributed by atoms with Crippen LogP contribution in [-0.2, 0) is 6.54 Å². The Morgan fingerprint density at radius 3 is 2.94 bits per heavy atom. The second kappa shape index (κ2) is 4.97. The van der Waals surface area contributed by atoms with Crippen molar-refractivity contribution >= 4 is 0 Å². The SMILES string of the molecule is CC(NCc1cc(O)cc(F)c1)c1cn[nH]c1. The first kappa shape index (κ1) is 11.6. The van der Waals surface area contributed by atoms with Crippen molar-refractivity contribution < 1.29 is 9.50 Å². The van der Waals surface area contributed by atoms with Crippen molar-refractivity contribution in [2.45, 2.75) is 19.5 Å². The molecular formula is C12H14FN3O. The second-order valence-corrected chi connectivity index (χ2v) is 3.95. The molecule has 3 N–H and O–H groups in total. The van der Waals surface area contributed by atoms with Gasteiger partial charge in [-0.25, -0.2) is 4.39 Å². The molecule has 0 saturated carbocycles. The van der Waals surface area contributed by atoms with Gasteiger partial charge < -0.3 is 10.4 Å². The first-order valence-electron chi connectivity index (χ1n) is 5.35. The van der Waals surface area contributed by atoms with Gasteiger partial charge in [0, 0.05) is 30.4 Å². The lowest BCUT2D eigenvalue weighted by Crippen LogP contribution is -2.17. The summed E-state index contributed by atoms with van der Waals surface area (Å²) in [6.07, 6.45) is 3.54. The maximum Gasteiger partial charge on any atom is 0.127 e. The van der Waals surface area contributed by atoms with E-state index in [1.807, 2.05) is 6.92 Å². The van der Waals surface area contributed by atoms with Crippen LogP contribution < -0.4 is 5.32 Å². The Hall–Kier alpha value is -1.88. The third-order valence-electron chi connectivity index (χ3n) is 2.57. The monoisotopic (exact) mass is 235 g/mol. The topological polar surface area (TPSA) is 60.9 Å². The number of H-pyrrole nitrogens is 1. The molecule has 1 unspecified atom stereocenters. The van der Waals surface area contributed by atoms with Crippen LogP contribution >= 0.6 is 0 Å². The number of aromatic hydroxyl groups is 1. The summed E-state index contributed by atoms with van der Waals surface area (Å²) in [6, 6.07) is 4.13. The average molecular weight is 235 g/mol. The molecule has 0 aliphatic carbocycles. The molecule has 0 aliphatic rings. The molecule has 2 rings (SSSR count). The summed E-state index contributed by atoms with van der Waals surface area (Å²) in [5.74, 6) is -0.490. The number of hydrogen-bond donors (Lipinski definition) is 3. The van der Waals surface area contributed by atoms with Gasteiger partial charge in [0.1, 0.15) is 11.6 Å². The van der Waals surface area contributed by atoms with Crippen molar-refractivity contribution in [2.75, 3.05) is 0 Å². The minimum Gasteiger partial charge on any atom is -0.508 e. The van der Waals surface area contributed by atoms with E-state index in [0.29, 0.717) is 12.1 Å². The van der Waals surface area contributed by atoms with Gasteiger partial charge in [-0.2, -0.15) is 5.10 Å². The van der Waals surface area contributed by atoms with Crippen molar-refractivity contribution in [3.05, 3.63) is 47.5 Å². The maximum absolute atomic E-state index is 13.0. The molecule has 0 fully saturated rings. The van der Waals surface area contributed by atoms with Crippen molar-refractivity contribution in [3.63, 3.8) is 0 Å². The van der Waals surface area contributed by atoms with Crippen LogP contribution in [0.15, 0.2) is 30.6 Å². The fraction of sp³-hybridized carbons (Fsp3) is 0.250. The van der Waals surface area contributed by atoms with E-state index < -0.39 is 5.82 Å². The number of nitrogens with zero attached hydrogens (tertiary/aromatic N) is 1. The maximum atomic E-state index is 13.0. The summed E-state index contributed by atoms with van der Waals surface area (Å²) in [5.41, 5.74) is 1.74. The van der Waals surface area contributed by atoms with Gasteiger partial charge in [0.25, 0.3) is 0 Å². The molecule has 1 aromatic heterocycles. The average Bonchev–Trinajstić information content (AvgIpc) is 2.78. The number of nitrogens with one attached hydrogen (secondary N) is 2. The standard InChI is InChI=1S/C12H14FN3O/c1-8(10-6-15-16-7-10)14-5-9-2-11(13)4-12(17)3-9/h2-4,6-8,14,17H,5H2,1H3,(H,15,16). The Balaban J connectivity index is 1.98. The fourth-order valence-corrected chi connectivity index (χ4v) is 1.62. The Morgan fingerprint density at radius 1 is 1.47 bits per heavy atom. The Morgan fingerprint density at radius 2 is 2.29 bits per heavy atom. The smallest absolute Gasteiger partial charge is 0.127 e. The number of rotatable bonds is 4. The van der Waals surface area contributed by atoms with Crippen LogP contribution in [0.2, 0.25) is 0 Å². The molecule has 4 nitrogen and oxygen atoms in total. The van der Waals surface area contributed by atoms with Gasteiger partial charge in [-0.1, -0.05) is 0 Å². The van der Waals surface area contributed by atoms with E-state index in [1.54, 1.807) is 12.4 Å². The molecule has 0 amide bonds. The van der Waals surface area contributed by atoms with Crippen LogP contribution in [0, 0.1) is 5.82 Å². The minimum atomic E-state index is -0.433. The predicted molar refractivity (Wildman–Crippen MR) is 61.9 cm³/mol. The van der Waals surface area contributed by atoms with E-state index in [4.69, 9.17) is 0 Å². The molecule has 1 aromatic carbocycles. The van der Waals surface area contributed by atoms with E-state index >= 15 is 0 Å².